The van der Waals surface area contributed by atoms with Gasteiger partial charge < -0.3 is 10.4 Å². The van der Waals surface area contributed by atoms with Crippen molar-refractivity contribution >= 4 is 33.7 Å². The molecule has 0 saturated carbocycles. The number of piperidine rings is 1. The number of hydrogen-bond acceptors (Lipinski definition) is 5. The smallest absolute Gasteiger partial charge is 0.313 e. The van der Waals surface area contributed by atoms with E-state index in [0.29, 0.717) is 31.7 Å². The number of sulfonamides is 1. The van der Waals surface area contributed by atoms with Gasteiger partial charge in [-0.15, -0.1) is 11.8 Å². The normalized spacial score (nSPS) is 18.6. The van der Waals surface area contributed by atoms with Crippen LogP contribution in [-0.4, -0.2) is 60.8 Å². The molecule has 0 aromatic heterocycles. The fourth-order valence-electron chi connectivity index (χ4n) is 2.67. The molecule has 1 fully saturated rings. The van der Waals surface area contributed by atoms with E-state index in [0.717, 1.165) is 0 Å². The van der Waals surface area contributed by atoms with Gasteiger partial charge in [-0.3, -0.25) is 9.59 Å². The van der Waals surface area contributed by atoms with E-state index in [2.05, 4.69) is 5.32 Å². The number of carbonyl (C=O) groups excluding carboxylic acids is 1. The third-order valence-corrected chi connectivity index (χ3v) is 6.73. The van der Waals surface area contributed by atoms with Crippen molar-refractivity contribution in [3.05, 3.63) is 30.3 Å². The summed E-state index contributed by atoms with van der Waals surface area (Å²) in [4.78, 5) is 22.9. The van der Waals surface area contributed by atoms with Crippen LogP contribution in [0.3, 0.4) is 0 Å². The van der Waals surface area contributed by atoms with Crippen LogP contribution in [0.1, 0.15) is 12.8 Å². The molecule has 2 N–H and O–H groups in total. The standard InChI is InChI=1S/C16H22N2O5S2/c19-15(20)12-24-10-8-17-16(21)13-5-4-9-18(11-13)25(22,23)14-6-2-1-3-7-14/h1-3,6-7,13H,4-5,8-12H2,(H,17,21)(H,19,20). The largest absolute Gasteiger partial charge is 0.481 e. The summed E-state index contributed by atoms with van der Waals surface area (Å²) >= 11 is 1.23. The average Bonchev–Trinajstić information content (AvgIpc) is 2.62. The van der Waals surface area contributed by atoms with Crippen LogP contribution in [0.4, 0.5) is 0 Å². The summed E-state index contributed by atoms with van der Waals surface area (Å²) < 4.78 is 26.7. The van der Waals surface area contributed by atoms with Crippen LogP contribution in [0, 0.1) is 5.92 Å². The van der Waals surface area contributed by atoms with E-state index in [4.69, 9.17) is 5.11 Å². The van der Waals surface area contributed by atoms with Gasteiger partial charge in [0.25, 0.3) is 0 Å². The van der Waals surface area contributed by atoms with Gasteiger partial charge >= 0.3 is 5.97 Å². The van der Waals surface area contributed by atoms with Crippen molar-refractivity contribution in [1.29, 1.82) is 0 Å². The van der Waals surface area contributed by atoms with Crippen LogP contribution in [-0.2, 0) is 19.6 Å². The number of nitrogens with zero attached hydrogens (tertiary/aromatic N) is 1. The molecule has 1 aliphatic heterocycles. The first-order valence-corrected chi connectivity index (χ1v) is 10.6. The Morgan fingerprint density at radius 3 is 2.68 bits per heavy atom. The molecule has 1 amide bonds. The zero-order valence-electron chi connectivity index (χ0n) is 13.8. The molecule has 0 bridgehead atoms. The predicted molar refractivity (Wildman–Crippen MR) is 95.9 cm³/mol. The Kier molecular flexibility index (Phi) is 7.27. The number of nitrogens with one attached hydrogen (secondary N) is 1. The second-order valence-electron chi connectivity index (χ2n) is 5.75. The minimum absolute atomic E-state index is 0.00238. The lowest BCUT2D eigenvalue weighted by atomic mass is 9.99. The van der Waals surface area contributed by atoms with Crippen molar-refractivity contribution < 1.29 is 23.1 Å². The summed E-state index contributed by atoms with van der Waals surface area (Å²) in [5.41, 5.74) is 0. The molecule has 7 nitrogen and oxygen atoms in total. The summed E-state index contributed by atoms with van der Waals surface area (Å²) in [6.45, 7) is 0.958. The summed E-state index contributed by atoms with van der Waals surface area (Å²) in [5.74, 6) is -0.926. The van der Waals surface area contributed by atoms with Gasteiger partial charge in [0, 0.05) is 25.4 Å². The van der Waals surface area contributed by atoms with Crippen LogP contribution in [0.15, 0.2) is 35.2 Å². The fraction of sp³-hybridized carbons (Fsp3) is 0.500. The molecule has 2 rings (SSSR count). The Balaban J connectivity index is 1.88. The highest BCUT2D eigenvalue weighted by molar-refractivity contribution is 7.99. The molecule has 0 spiro atoms. The van der Waals surface area contributed by atoms with Crippen molar-refractivity contribution in [2.24, 2.45) is 5.92 Å². The van der Waals surface area contributed by atoms with Crippen molar-refractivity contribution in [2.75, 3.05) is 31.1 Å². The van der Waals surface area contributed by atoms with Gasteiger partial charge in [-0.25, -0.2) is 8.42 Å². The minimum Gasteiger partial charge on any atom is -0.481 e. The topological polar surface area (TPSA) is 104 Å². The maximum absolute atomic E-state index is 12.7. The molecule has 1 aliphatic rings. The summed E-state index contributed by atoms with van der Waals surface area (Å²) in [5, 5.41) is 11.3. The molecule has 1 heterocycles. The van der Waals surface area contributed by atoms with E-state index < -0.39 is 16.0 Å². The molecule has 1 aromatic carbocycles. The Morgan fingerprint density at radius 1 is 1.28 bits per heavy atom. The number of thioether (sulfide) groups is 1. The molecule has 1 saturated heterocycles. The first kappa shape index (κ1) is 19.7. The monoisotopic (exact) mass is 386 g/mol. The van der Waals surface area contributed by atoms with Gasteiger partial charge in [0.1, 0.15) is 0 Å². The number of amides is 1. The van der Waals surface area contributed by atoms with Gasteiger partial charge in [-0.2, -0.15) is 4.31 Å². The lowest BCUT2D eigenvalue weighted by Gasteiger charge is -2.31. The second kappa shape index (κ2) is 9.21. The Labute approximate surface area is 151 Å². The fourth-order valence-corrected chi connectivity index (χ4v) is 4.78. The molecular weight excluding hydrogens is 364 g/mol. The Bertz CT molecular complexity index is 694. The first-order valence-electron chi connectivity index (χ1n) is 8.03. The van der Waals surface area contributed by atoms with E-state index in [1.807, 2.05) is 0 Å². The van der Waals surface area contributed by atoms with Gasteiger partial charge in [0.2, 0.25) is 15.9 Å². The Hall–Kier alpha value is -1.58. The van der Waals surface area contributed by atoms with E-state index in [9.17, 15) is 18.0 Å². The number of carbonyl (C=O) groups is 2. The highest BCUT2D eigenvalue weighted by Gasteiger charge is 2.33. The van der Waals surface area contributed by atoms with Crippen LogP contribution < -0.4 is 5.32 Å². The highest BCUT2D eigenvalue weighted by Crippen LogP contribution is 2.23. The third kappa shape index (κ3) is 5.72. The molecular formula is C16H22N2O5S2. The van der Waals surface area contributed by atoms with E-state index in [1.165, 1.54) is 16.1 Å². The first-order chi connectivity index (χ1) is 11.9. The van der Waals surface area contributed by atoms with Crippen LogP contribution >= 0.6 is 11.8 Å². The number of rotatable bonds is 8. The number of hydrogen-bond donors (Lipinski definition) is 2. The van der Waals surface area contributed by atoms with Gasteiger partial charge in [0.05, 0.1) is 16.6 Å². The van der Waals surface area contributed by atoms with Gasteiger partial charge in [-0.1, -0.05) is 18.2 Å². The van der Waals surface area contributed by atoms with Crippen molar-refractivity contribution in [1.82, 2.24) is 9.62 Å². The molecule has 1 atom stereocenters. The average molecular weight is 386 g/mol. The zero-order chi connectivity index (χ0) is 18.3. The SMILES string of the molecule is O=C(O)CSCCNC(=O)C1CCCN(S(=O)(=O)c2ccccc2)C1. The number of benzene rings is 1. The highest BCUT2D eigenvalue weighted by atomic mass is 32.2. The molecule has 0 aliphatic carbocycles. The van der Waals surface area contributed by atoms with E-state index in [1.54, 1.807) is 30.3 Å². The third-order valence-electron chi connectivity index (χ3n) is 3.91. The quantitative estimate of drug-likeness (QED) is 0.647. The summed E-state index contributed by atoms with van der Waals surface area (Å²) in [6, 6.07) is 8.22. The van der Waals surface area contributed by atoms with Crippen LogP contribution in [0.25, 0.3) is 0 Å². The minimum atomic E-state index is -3.58. The van der Waals surface area contributed by atoms with Gasteiger partial charge in [0.15, 0.2) is 0 Å². The molecule has 0 radical (unpaired) electrons. The van der Waals surface area contributed by atoms with E-state index >= 15 is 0 Å². The molecule has 1 unspecified atom stereocenters. The van der Waals surface area contributed by atoms with Crippen LogP contribution in [0.5, 0.6) is 0 Å². The molecule has 25 heavy (non-hydrogen) atoms. The van der Waals surface area contributed by atoms with Crippen molar-refractivity contribution in [3.63, 3.8) is 0 Å². The van der Waals surface area contributed by atoms with E-state index in [-0.39, 0.29) is 29.0 Å². The van der Waals surface area contributed by atoms with Crippen molar-refractivity contribution in [3.8, 4) is 0 Å². The molecule has 1 aromatic rings. The lowest BCUT2D eigenvalue weighted by Crippen LogP contribution is -2.45. The molecule has 138 valence electrons. The number of carboxylic acid groups (broad SMARTS) is 1. The summed E-state index contributed by atoms with van der Waals surface area (Å²) in [7, 11) is -3.58. The number of aliphatic carboxylic acids is 1. The number of carboxylic acids is 1. The van der Waals surface area contributed by atoms with Crippen molar-refractivity contribution in [2.45, 2.75) is 17.7 Å². The maximum Gasteiger partial charge on any atom is 0.313 e. The lowest BCUT2D eigenvalue weighted by molar-refractivity contribution is -0.134. The van der Waals surface area contributed by atoms with Gasteiger partial charge in [-0.05, 0) is 25.0 Å². The summed E-state index contributed by atoms with van der Waals surface area (Å²) in [6.07, 6.45) is 1.28. The zero-order valence-corrected chi connectivity index (χ0v) is 15.4. The Morgan fingerprint density at radius 2 is 2.00 bits per heavy atom. The second-order valence-corrected chi connectivity index (χ2v) is 8.80. The van der Waals surface area contributed by atoms with Crippen LogP contribution in [0.2, 0.25) is 0 Å². The predicted octanol–water partition coefficient (Wildman–Crippen LogP) is 1.02. The maximum atomic E-state index is 12.7. The molecule has 9 heteroatoms.